The third-order valence-electron chi connectivity index (χ3n) is 10.2. The fourth-order valence-electron chi connectivity index (χ4n) is 8.04. The molecule has 0 atom stereocenters. The zero-order valence-corrected chi connectivity index (χ0v) is 27.9. The summed E-state index contributed by atoms with van der Waals surface area (Å²) in [5.74, 6) is 0.717. The fourth-order valence-corrected chi connectivity index (χ4v) is 9.13. The predicted octanol–water partition coefficient (Wildman–Crippen LogP) is 12.2. The minimum atomic E-state index is -0.479. The van der Waals surface area contributed by atoms with Gasteiger partial charge in [0.1, 0.15) is 0 Å². The van der Waals surface area contributed by atoms with Crippen molar-refractivity contribution >= 4 is 31.5 Å². The summed E-state index contributed by atoms with van der Waals surface area (Å²) in [6, 6.07) is 65.5. The Morgan fingerprint density at radius 1 is 0.400 bits per heavy atom. The lowest BCUT2D eigenvalue weighted by atomic mass is 9.67. The first-order chi connectivity index (χ1) is 24.8. The molecule has 7 aromatic carbocycles. The first-order valence-corrected chi connectivity index (χ1v) is 17.8. The van der Waals surface area contributed by atoms with Gasteiger partial charge in [0.2, 0.25) is 0 Å². The van der Waals surface area contributed by atoms with Gasteiger partial charge in [-0.1, -0.05) is 158 Å². The van der Waals surface area contributed by atoms with E-state index in [2.05, 4.69) is 176 Å². The van der Waals surface area contributed by atoms with Crippen LogP contribution in [0.15, 0.2) is 182 Å². The summed E-state index contributed by atoms with van der Waals surface area (Å²) in [6.07, 6.45) is 0. The normalized spacial score (nSPS) is 13.0. The molecule has 0 amide bonds. The maximum atomic E-state index is 5.34. The van der Waals surface area contributed by atoms with E-state index in [-0.39, 0.29) is 0 Å². The van der Waals surface area contributed by atoms with Crippen LogP contribution in [-0.4, -0.2) is 9.97 Å². The van der Waals surface area contributed by atoms with Gasteiger partial charge in [-0.3, -0.25) is 0 Å². The lowest BCUT2D eigenvalue weighted by Crippen LogP contribution is -2.28. The maximum absolute atomic E-state index is 5.34. The molecule has 2 nitrogen and oxygen atoms in total. The number of aromatic nitrogens is 2. The molecular formula is C47H30N2S. The van der Waals surface area contributed by atoms with Gasteiger partial charge in [0.15, 0.2) is 5.82 Å². The number of benzene rings is 7. The Bertz CT molecular complexity index is 2660. The van der Waals surface area contributed by atoms with Crippen molar-refractivity contribution in [1.82, 2.24) is 9.97 Å². The smallest absolute Gasteiger partial charge is 0.160 e. The highest BCUT2D eigenvalue weighted by molar-refractivity contribution is 7.25. The third-order valence-corrected chi connectivity index (χ3v) is 11.3. The van der Waals surface area contributed by atoms with Crippen molar-refractivity contribution in [3.8, 4) is 45.0 Å². The SMILES string of the molecule is c1ccc(-c2nc(-c3ccc4sc5ccccc5c4c3)cc(-c3cccc4c3-c3ccccc3C4(c3ccccc3)c3ccccc3)n2)cc1. The first-order valence-electron chi connectivity index (χ1n) is 17.0. The average Bonchev–Trinajstić information content (AvgIpc) is 3.72. The summed E-state index contributed by atoms with van der Waals surface area (Å²) in [5, 5.41) is 2.54. The standard InChI is InChI=1S/C47H30N2S/c1-4-15-31(16-5-1)46-48-41(32-27-28-44-38(29-32)35-21-11-13-26-43(35)50-44)30-42(49-46)37-23-14-25-40-45(37)36-22-10-12-24-39(36)47(40,33-17-6-2-7-18-33)34-19-8-3-9-20-34/h1-30H. The van der Waals surface area contributed by atoms with E-state index in [4.69, 9.17) is 9.97 Å². The summed E-state index contributed by atoms with van der Waals surface area (Å²) < 4.78 is 2.58. The number of thiophene rings is 1. The molecule has 9 aromatic rings. The third kappa shape index (κ3) is 4.34. The molecule has 0 saturated carbocycles. The van der Waals surface area contributed by atoms with E-state index in [1.807, 2.05) is 17.4 Å². The Morgan fingerprint density at radius 3 is 1.78 bits per heavy atom. The molecule has 2 aromatic heterocycles. The fraction of sp³-hybridized carbons (Fsp3) is 0.0213. The van der Waals surface area contributed by atoms with E-state index in [9.17, 15) is 0 Å². The number of hydrogen-bond acceptors (Lipinski definition) is 3. The minimum Gasteiger partial charge on any atom is -0.228 e. The van der Waals surface area contributed by atoms with Gasteiger partial charge in [-0.15, -0.1) is 11.3 Å². The van der Waals surface area contributed by atoms with Crippen LogP contribution >= 0.6 is 11.3 Å². The van der Waals surface area contributed by atoms with Gasteiger partial charge in [-0.2, -0.15) is 0 Å². The van der Waals surface area contributed by atoms with Gasteiger partial charge in [0, 0.05) is 36.9 Å². The van der Waals surface area contributed by atoms with Crippen molar-refractivity contribution in [3.05, 3.63) is 204 Å². The summed E-state index contributed by atoms with van der Waals surface area (Å²) >= 11 is 1.84. The number of nitrogens with zero attached hydrogens (tertiary/aromatic N) is 2. The molecule has 1 aliphatic rings. The Kier molecular flexibility index (Phi) is 6.61. The molecule has 1 aliphatic carbocycles. The molecule has 0 aliphatic heterocycles. The Balaban J connectivity index is 1.26. The van der Waals surface area contributed by atoms with Crippen LogP contribution in [0.25, 0.3) is 65.2 Å². The molecule has 0 N–H and O–H groups in total. The van der Waals surface area contributed by atoms with Crippen molar-refractivity contribution in [2.24, 2.45) is 0 Å². The second-order valence-corrected chi connectivity index (χ2v) is 14.0. The lowest BCUT2D eigenvalue weighted by molar-refractivity contribution is 0.768. The van der Waals surface area contributed by atoms with Crippen molar-refractivity contribution in [2.75, 3.05) is 0 Å². The van der Waals surface area contributed by atoms with Gasteiger partial charge < -0.3 is 0 Å². The predicted molar refractivity (Wildman–Crippen MR) is 209 cm³/mol. The molecule has 234 valence electrons. The van der Waals surface area contributed by atoms with E-state index in [0.717, 1.165) is 33.9 Å². The van der Waals surface area contributed by atoms with Crippen LogP contribution in [0.2, 0.25) is 0 Å². The molecule has 10 rings (SSSR count). The van der Waals surface area contributed by atoms with Crippen molar-refractivity contribution in [1.29, 1.82) is 0 Å². The number of fused-ring (bicyclic) bond motifs is 6. The summed E-state index contributed by atoms with van der Waals surface area (Å²) in [7, 11) is 0. The van der Waals surface area contributed by atoms with E-state index >= 15 is 0 Å². The van der Waals surface area contributed by atoms with Crippen LogP contribution in [0.5, 0.6) is 0 Å². The summed E-state index contributed by atoms with van der Waals surface area (Å²) in [4.78, 5) is 10.6. The molecule has 0 saturated heterocycles. The number of rotatable bonds is 5. The molecule has 50 heavy (non-hydrogen) atoms. The molecule has 0 spiro atoms. The zero-order valence-electron chi connectivity index (χ0n) is 27.1. The van der Waals surface area contributed by atoms with Gasteiger partial charge in [-0.05, 0) is 57.6 Å². The van der Waals surface area contributed by atoms with Gasteiger partial charge in [0.25, 0.3) is 0 Å². The van der Waals surface area contributed by atoms with Crippen molar-refractivity contribution in [3.63, 3.8) is 0 Å². The molecule has 0 fully saturated rings. The highest BCUT2D eigenvalue weighted by Crippen LogP contribution is 2.58. The molecule has 0 radical (unpaired) electrons. The van der Waals surface area contributed by atoms with Gasteiger partial charge in [-0.25, -0.2) is 9.97 Å². The second kappa shape index (κ2) is 11.5. The van der Waals surface area contributed by atoms with Crippen molar-refractivity contribution in [2.45, 2.75) is 5.41 Å². The highest BCUT2D eigenvalue weighted by atomic mass is 32.1. The van der Waals surface area contributed by atoms with Crippen LogP contribution in [0.3, 0.4) is 0 Å². The van der Waals surface area contributed by atoms with E-state index in [1.54, 1.807) is 0 Å². The van der Waals surface area contributed by atoms with Gasteiger partial charge >= 0.3 is 0 Å². The van der Waals surface area contributed by atoms with Crippen LogP contribution in [0.4, 0.5) is 0 Å². The topological polar surface area (TPSA) is 25.8 Å². The van der Waals surface area contributed by atoms with Crippen LogP contribution < -0.4 is 0 Å². The van der Waals surface area contributed by atoms with E-state index in [1.165, 1.54) is 53.6 Å². The second-order valence-electron chi connectivity index (χ2n) is 12.9. The Hall–Kier alpha value is -6.16. The first kappa shape index (κ1) is 28.8. The molecular weight excluding hydrogens is 625 g/mol. The Labute approximate surface area is 295 Å². The van der Waals surface area contributed by atoms with Gasteiger partial charge in [0.05, 0.1) is 16.8 Å². The van der Waals surface area contributed by atoms with Crippen molar-refractivity contribution < 1.29 is 0 Å². The Morgan fingerprint density at radius 2 is 1.00 bits per heavy atom. The minimum absolute atomic E-state index is 0.479. The molecule has 0 bridgehead atoms. The largest absolute Gasteiger partial charge is 0.228 e. The molecule has 0 unspecified atom stereocenters. The average molecular weight is 655 g/mol. The lowest BCUT2D eigenvalue weighted by Gasteiger charge is -2.33. The van der Waals surface area contributed by atoms with E-state index < -0.39 is 5.41 Å². The quantitative estimate of drug-likeness (QED) is 0.185. The van der Waals surface area contributed by atoms with E-state index in [0.29, 0.717) is 0 Å². The monoisotopic (exact) mass is 654 g/mol. The summed E-state index contributed by atoms with van der Waals surface area (Å²) in [6.45, 7) is 0. The van der Waals surface area contributed by atoms with Crippen LogP contribution in [-0.2, 0) is 5.41 Å². The molecule has 3 heteroatoms. The van der Waals surface area contributed by atoms with Crippen LogP contribution in [0.1, 0.15) is 22.3 Å². The maximum Gasteiger partial charge on any atom is 0.160 e. The molecule has 2 heterocycles. The highest BCUT2D eigenvalue weighted by Gasteiger charge is 2.46. The zero-order chi connectivity index (χ0) is 33.1. The summed E-state index contributed by atoms with van der Waals surface area (Å²) in [5.41, 5.74) is 12.0. The van der Waals surface area contributed by atoms with Crippen LogP contribution in [0, 0.1) is 0 Å². The number of hydrogen-bond donors (Lipinski definition) is 0.